The van der Waals surface area contributed by atoms with Gasteiger partial charge in [0.1, 0.15) is 0 Å². The Bertz CT molecular complexity index is 160. The summed E-state index contributed by atoms with van der Waals surface area (Å²) in [5, 5.41) is 0. The van der Waals surface area contributed by atoms with Gasteiger partial charge in [-0.25, -0.2) is 0 Å². The predicted molar refractivity (Wildman–Crippen MR) is 33.9 cm³/mol. The van der Waals surface area contributed by atoms with Crippen LogP contribution in [0.15, 0.2) is 12.2 Å². The van der Waals surface area contributed by atoms with Gasteiger partial charge in [0.05, 0.1) is 6.54 Å². The largest absolute Gasteiger partial charge is 0.324 e. The molecule has 0 saturated carbocycles. The Kier molecular flexibility index (Phi) is 2.81. The second-order valence-corrected chi connectivity index (χ2v) is 1.74. The Labute approximate surface area is 53.5 Å². The van der Waals surface area contributed by atoms with Crippen molar-refractivity contribution in [3.05, 3.63) is 12.2 Å². The highest BCUT2D eigenvalue weighted by atomic mass is 16.2. The molecule has 0 fully saturated rings. The molecule has 0 aliphatic carbocycles. The molecule has 0 heterocycles. The molecular weight excluding hydrogens is 118 g/mol. The molecule has 0 amide bonds. The van der Waals surface area contributed by atoms with Crippen LogP contribution < -0.4 is 5.73 Å². The zero-order chi connectivity index (χ0) is 7.44. The zero-order valence-electron chi connectivity index (χ0n) is 5.31. The van der Waals surface area contributed by atoms with E-state index in [2.05, 4.69) is 6.58 Å². The molecule has 50 valence electrons. The minimum atomic E-state index is -0.581. The van der Waals surface area contributed by atoms with Gasteiger partial charge in [-0.1, -0.05) is 6.58 Å². The molecule has 0 atom stereocenters. The lowest BCUT2D eigenvalue weighted by Crippen LogP contribution is -2.23. The number of nitrogens with two attached hydrogens (primary N) is 1. The number of carbonyl (C=O) groups is 2. The van der Waals surface area contributed by atoms with E-state index in [9.17, 15) is 9.59 Å². The molecule has 0 aromatic rings. The van der Waals surface area contributed by atoms with Crippen LogP contribution in [-0.2, 0) is 9.59 Å². The van der Waals surface area contributed by atoms with Gasteiger partial charge in [-0.3, -0.25) is 9.59 Å². The molecule has 2 N–H and O–H groups in total. The molecule has 0 aliphatic rings. The van der Waals surface area contributed by atoms with Gasteiger partial charge in [-0.15, -0.1) is 0 Å². The predicted octanol–water partition coefficient (Wildman–Crippen LogP) is -0.341. The molecule has 0 spiro atoms. The van der Waals surface area contributed by atoms with E-state index in [-0.39, 0.29) is 12.1 Å². The standard InChI is InChI=1S/C6H9NO2/c1-4(2)6(9)5(8)3-7/h1,3,7H2,2H3. The van der Waals surface area contributed by atoms with Gasteiger partial charge in [-0.05, 0) is 12.5 Å². The van der Waals surface area contributed by atoms with Crippen molar-refractivity contribution in [1.29, 1.82) is 0 Å². The fraction of sp³-hybridized carbons (Fsp3) is 0.333. The lowest BCUT2D eigenvalue weighted by molar-refractivity contribution is -0.133. The van der Waals surface area contributed by atoms with Crippen LogP contribution in [0.1, 0.15) is 6.92 Å². The second kappa shape index (κ2) is 3.14. The third-order valence-electron chi connectivity index (χ3n) is 0.826. The van der Waals surface area contributed by atoms with E-state index in [4.69, 9.17) is 5.73 Å². The monoisotopic (exact) mass is 127 g/mol. The summed E-state index contributed by atoms with van der Waals surface area (Å²) < 4.78 is 0. The first-order chi connectivity index (χ1) is 4.09. The van der Waals surface area contributed by atoms with Crippen molar-refractivity contribution in [2.24, 2.45) is 5.73 Å². The van der Waals surface area contributed by atoms with Gasteiger partial charge in [0.15, 0.2) is 0 Å². The minimum absolute atomic E-state index is 0.230. The maximum Gasteiger partial charge on any atom is 0.225 e. The summed E-state index contributed by atoms with van der Waals surface area (Å²) in [6.07, 6.45) is 0. The molecule has 0 aliphatic heterocycles. The van der Waals surface area contributed by atoms with Crippen molar-refractivity contribution in [3.63, 3.8) is 0 Å². The summed E-state index contributed by atoms with van der Waals surface area (Å²) in [4.78, 5) is 21.0. The fourth-order valence-corrected chi connectivity index (χ4v) is 0.331. The van der Waals surface area contributed by atoms with Crippen LogP contribution in [0.4, 0.5) is 0 Å². The highest BCUT2D eigenvalue weighted by Crippen LogP contribution is 1.88. The third kappa shape index (κ3) is 2.19. The Morgan fingerprint density at radius 3 is 2.11 bits per heavy atom. The van der Waals surface area contributed by atoms with E-state index in [0.717, 1.165) is 0 Å². The van der Waals surface area contributed by atoms with Gasteiger partial charge < -0.3 is 5.73 Å². The van der Waals surface area contributed by atoms with Crippen LogP contribution in [0.3, 0.4) is 0 Å². The van der Waals surface area contributed by atoms with E-state index >= 15 is 0 Å². The van der Waals surface area contributed by atoms with Gasteiger partial charge >= 0.3 is 0 Å². The summed E-state index contributed by atoms with van der Waals surface area (Å²) in [7, 11) is 0. The average molecular weight is 127 g/mol. The smallest absolute Gasteiger partial charge is 0.225 e. The number of Topliss-reactive ketones (excluding diaryl/α,β-unsaturated/α-hetero) is 2. The molecular formula is C6H9NO2. The summed E-state index contributed by atoms with van der Waals surface area (Å²) in [6, 6.07) is 0. The van der Waals surface area contributed by atoms with Crippen molar-refractivity contribution in [2.75, 3.05) is 6.54 Å². The first-order valence-electron chi connectivity index (χ1n) is 2.52. The van der Waals surface area contributed by atoms with E-state index in [1.54, 1.807) is 0 Å². The lowest BCUT2D eigenvalue weighted by Gasteiger charge is -1.91. The summed E-state index contributed by atoms with van der Waals surface area (Å²) in [6.45, 7) is 4.55. The highest BCUT2D eigenvalue weighted by molar-refractivity contribution is 6.43. The molecule has 9 heavy (non-hydrogen) atoms. The van der Waals surface area contributed by atoms with Crippen molar-refractivity contribution in [3.8, 4) is 0 Å². The first-order valence-corrected chi connectivity index (χ1v) is 2.52. The minimum Gasteiger partial charge on any atom is -0.324 e. The van der Waals surface area contributed by atoms with Crippen molar-refractivity contribution in [2.45, 2.75) is 6.92 Å². The van der Waals surface area contributed by atoms with Gasteiger partial charge in [0.25, 0.3) is 0 Å². The summed E-state index contributed by atoms with van der Waals surface area (Å²) >= 11 is 0. The number of ketones is 2. The van der Waals surface area contributed by atoms with Crippen LogP contribution in [0.25, 0.3) is 0 Å². The highest BCUT2D eigenvalue weighted by Gasteiger charge is 2.10. The number of rotatable bonds is 3. The Hall–Kier alpha value is -0.960. The maximum absolute atomic E-state index is 10.5. The van der Waals surface area contributed by atoms with Crippen molar-refractivity contribution < 1.29 is 9.59 Å². The first kappa shape index (κ1) is 8.04. The molecule has 0 bridgehead atoms. The molecule has 0 radical (unpaired) electrons. The number of allylic oxidation sites excluding steroid dienone is 1. The Morgan fingerprint density at radius 2 is 2.00 bits per heavy atom. The molecule has 3 nitrogen and oxygen atoms in total. The molecule has 0 aromatic heterocycles. The third-order valence-corrected chi connectivity index (χ3v) is 0.826. The van der Waals surface area contributed by atoms with Crippen LogP contribution in [0.5, 0.6) is 0 Å². The number of hydrogen-bond acceptors (Lipinski definition) is 3. The Morgan fingerprint density at radius 1 is 1.56 bits per heavy atom. The SMILES string of the molecule is C=C(C)C(=O)C(=O)CN. The summed E-state index contributed by atoms with van der Waals surface area (Å²) in [5.74, 6) is -1.15. The van der Waals surface area contributed by atoms with Crippen LogP contribution in [0, 0.1) is 0 Å². The average Bonchev–Trinajstić information content (AvgIpc) is 1.84. The molecule has 3 heteroatoms. The van der Waals surface area contributed by atoms with E-state index in [1.165, 1.54) is 6.92 Å². The van der Waals surface area contributed by atoms with E-state index in [0.29, 0.717) is 0 Å². The maximum atomic E-state index is 10.5. The van der Waals surface area contributed by atoms with Gasteiger partial charge in [0.2, 0.25) is 11.6 Å². The topological polar surface area (TPSA) is 60.2 Å². The second-order valence-electron chi connectivity index (χ2n) is 1.74. The van der Waals surface area contributed by atoms with Crippen LogP contribution in [-0.4, -0.2) is 18.1 Å². The molecule has 0 unspecified atom stereocenters. The quantitative estimate of drug-likeness (QED) is 0.416. The Balaban J connectivity index is 4.05. The van der Waals surface area contributed by atoms with Gasteiger partial charge in [-0.2, -0.15) is 0 Å². The zero-order valence-corrected chi connectivity index (χ0v) is 5.31. The van der Waals surface area contributed by atoms with Crippen LogP contribution >= 0.6 is 0 Å². The fourth-order valence-electron chi connectivity index (χ4n) is 0.331. The van der Waals surface area contributed by atoms with Crippen molar-refractivity contribution in [1.82, 2.24) is 0 Å². The number of carbonyl (C=O) groups excluding carboxylic acids is 2. The van der Waals surface area contributed by atoms with E-state index < -0.39 is 11.6 Å². The van der Waals surface area contributed by atoms with Crippen LogP contribution in [0.2, 0.25) is 0 Å². The molecule has 0 rings (SSSR count). The molecule has 0 aromatic carbocycles. The van der Waals surface area contributed by atoms with Gasteiger partial charge in [0, 0.05) is 0 Å². The van der Waals surface area contributed by atoms with E-state index in [1.807, 2.05) is 0 Å². The molecule has 0 saturated heterocycles. The van der Waals surface area contributed by atoms with Crippen molar-refractivity contribution >= 4 is 11.6 Å². The summed E-state index contributed by atoms with van der Waals surface area (Å²) in [5.41, 5.74) is 5.14. The number of hydrogen-bond donors (Lipinski definition) is 1. The normalized spacial score (nSPS) is 8.67. The lowest BCUT2D eigenvalue weighted by atomic mass is 10.1.